The van der Waals surface area contributed by atoms with Gasteiger partial charge in [-0.25, -0.2) is 0 Å². The van der Waals surface area contributed by atoms with Gasteiger partial charge < -0.3 is 46.2 Å². The molecule has 144 valence electrons. The van der Waals surface area contributed by atoms with Gasteiger partial charge in [0.2, 0.25) is 0 Å². The van der Waals surface area contributed by atoms with Crippen LogP contribution in [0.4, 0.5) is 0 Å². The standard InChI is InChI=1S/C14H30O9.Ca.2H/c15-1-3-17-5-7-19-9-11-21-13-23-14-22-12-10-20-8-6-18-4-2-16;;;/h15-16H,1-14H2;;;/q;+2;2*-1. The van der Waals surface area contributed by atoms with Crippen LogP contribution in [0, 0.1) is 0 Å². The summed E-state index contributed by atoms with van der Waals surface area (Å²) in [6, 6.07) is 0. The number of hydrogen-bond donors (Lipinski definition) is 2. The third kappa shape index (κ3) is 25.1. The molecular weight excluding hydrogens is 352 g/mol. The summed E-state index contributed by atoms with van der Waals surface area (Å²) in [5.74, 6) is 0. The Morgan fingerprint density at radius 3 is 1.04 bits per heavy atom. The molecule has 0 unspecified atom stereocenters. The molecule has 0 saturated carbocycles. The minimum absolute atomic E-state index is 0. The van der Waals surface area contributed by atoms with Crippen LogP contribution in [-0.2, 0) is 33.2 Å². The van der Waals surface area contributed by atoms with Crippen LogP contribution in [0.2, 0.25) is 0 Å². The van der Waals surface area contributed by atoms with Crippen LogP contribution in [0.25, 0.3) is 0 Å². The third-order valence-corrected chi connectivity index (χ3v) is 2.29. The normalized spacial score (nSPS) is 10.8. The zero-order chi connectivity index (χ0) is 16.8. The first-order valence-corrected chi connectivity index (χ1v) is 7.67. The van der Waals surface area contributed by atoms with Crippen LogP contribution in [0.3, 0.4) is 0 Å². The minimum atomic E-state index is 0. The van der Waals surface area contributed by atoms with Crippen molar-refractivity contribution in [3.05, 3.63) is 0 Å². The summed E-state index contributed by atoms with van der Waals surface area (Å²) in [6.07, 6.45) is 0. The minimum Gasteiger partial charge on any atom is -1.00 e. The first kappa shape index (κ1) is 27.1. The molecule has 0 amide bonds. The molecule has 9 nitrogen and oxygen atoms in total. The van der Waals surface area contributed by atoms with Gasteiger partial charge in [-0.05, 0) is 0 Å². The fourth-order valence-corrected chi connectivity index (χ4v) is 1.28. The summed E-state index contributed by atoms with van der Waals surface area (Å²) in [5.41, 5.74) is 0. The second kappa shape index (κ2) is 26.1. The molecule has 0 aliphatic heterocycles. The van der Waals surface area contributed by atoms with Crippen LogP contribution in [0.5, 0.6) is 0 Å². The molecular formula is C14H32CaO9. The number of rotatable bonds is 20. The van der Waals surface area contributed by atoms with E-state index in [1.165, 1.54) is 0 Å². The second-order valence-corrected chi connectivity index (χ2v) is 4.15. The Kier molecular flexibility index (Phi) is 29.5. The van der Waals surface area contributed by atoms with Crippen molar-refractivity contribution in [2.75, 3.05) is 92.9 Å². The van der Waals surface area contributed by atoms with E-state index in [0.717, 1.165) is 0 Å². The molecule has 0 atom stereocenters. The molecule has 0 aromatic carbocycles. The predicted octanol–water partition coefficient (Wildman–Crippen LogP) is -1.15. The average molecular weight is 384 g/mol. The first-order valence-electron chi connectivity index (χ1n) is 7.67. The van der Waals surface area contributed by atoms with E-state index in [-0.39, 0.29) is 67.4 Å². The van der Waals surface area contributed by atoms with E-state index in [2.05, 4.69) is 0 Å². The molecule has 0 aromatic rings. The van der Waals surface area contributed by atoms with E-state index in [1.807, 2.05) is 0 Å². The maximum absolute atomic E-state index is 8.48. The van der Waals surface area contributed by atoms with Crippen molar-refractivity contribution in [3.63, 3.8) is 0 Å². The van der Waals surface area contributed by atoms with Gasteiger partial charge in [-0.15, -0.1) is 0 Å². The van der Waals surface area contributed by atoms with E-state index in [4.69, 9.17) is 43.4 Å². The molecule has 24 heavy (non-hydrogen) atoms. The zero-order valence-electron chi connectivity index (χ0n) is 16.4. The molecule has 0 spiro atoms. The fraction of sp³-hybridized carbons (Fsp3) is 1.00. The smallest absolute Gasteiger partial charge is 1.00 e. The Hall–Kier alpha value is 0.900. The van der Waals surface area contributed by atoms with Crippen molar-refractivity contribution >= 4 is 37.7 Å². The van der Waals surface area contributed by atoms with E-state index in [1.54, 1.807) is 0 Å². The number of ether oxygens (including phenoxy) is 7. The van der Waals surface area contributed by atoms with Crippen LogP contribution in [0.1, 0.15) is 2.85 Å². The molecule has 0 aliphatic carbocycles. The molecule has 0 aromatic heterocycles. The SMILES string of the molecule is OCCOCCOCCOCOCOCCOCCOCCO.[Ca+2].[H-].[H-]. The van der Waals surface area contributed by atoms with Crippen molar-refractivity contribution in [1.29, 1.82) is 0 Å². The molecule has 0 rings (SSSR count). The van der Waals surface area contributed by atoms with Gasteiger partial charge in [0, 0.05) is 0 Å². The van der Waals surface area contributed by atoms with Gasteiger partial charge in [-0.1, -0.05) is 0 Å². The zero-order valence-corrected chi connectivity index (χ0v) is 16.6. The topological polar surface area (TPSA) is 105 Å². The summed E-state index contributed by atoms with van der Waals surface area (Å²) in [4.78, 5) is 0. The van der Waals surface area contributed by atoms with Gasteiger partial charge in [-0.3, -0.25) is 0 Å². The van der Waals surface area contributed by atoms with Crippen molar-refractivity contribution in [2.24, 2.45) is 0 Å². The molecule has 0 radical (unpaired) electrons. The molecule has 2 N–H and O–H groups in total. The van der Waals surface area contributed by atoms with Gasteiger partial charge in [0.15, 0.2) is 0 Å². The Morgan fingerprint density at radius 2 is 0.708 bits per heavy atom. The van der Waals surface area contributed by atoms with E-state index >= 15 is 0 Å². The van der Waals surface area contributed by atoms with Crippen molar-refractivity contribution < 1.29 is 46.2 Å². The van der Waals surface area contributed by atoms with Gasteiger partial charge in [0.05, 0.1) is 79.3 Å². The monoisotopic (exact) mass is 384 g/mol. The Balaban J connectivity index is -0.000000807. The van der Waals surface area contributed by atoms with Crippen LogP contribution < -0.4 is 0 Å². The molecule has 10 heteroatoms. The first-order chi connectivity index (χ1) is 11.4. The maximum Gasteiger partial charge on any atom is 2.00 e. The second-order valence-electron chi connectivity index (χ2n) is 4.15. The summed E-state index contributed by atoms with van der Waals surface area (Å²) < 4.78 is 35.9. The van der Waals surface area contributed by atoms with E-state index in [0.29, 0.717) is 66.1 Å². The van der Waals surface area contributed by atoms with Crippen molar-refractivity contribution in [3.8, 4) is 0 Å². The fourth-order valence-electron chi connectivity index (χ4n) is 1.28. The average Bonchev–Trinajstić information content (AvgIpc) is 2.57. The Labute approximate surface area is 176 Å². The molecule has 0 fully saturated rings. The Bertz CT molecular complexity index is 203. The number of aliphatic hydroxyl groups is 2. The summed E-state index contributed by atoms with van der Waals surface area (Å²) in [5, 5.41) is 17.0. The van der Waals surface area contributed by atoms with Gasteiger partial charge in [0.25, 0.3) is 0 Å². The maximum atomic E-state index is 8.48. The third-order valence-electron chi connectivity index (χ3n) is 2.29. The quantitative estimate of drug-likeness (QED) is 0.153. The van der Waals surface area contributed by atoms with E-state index < -0.39 is 0 Å². The van der Waals surface area contributed by atoms with Gasteiger partial charge in [0.1, 0.15) is 13.6 Å². The summed E-state index contributed by atoms with van der Waals surface area (Å²) in [7, 11) is 0. The van der Waals surface area contributed by atoms with Crippen molar-refractivity contribution in [1.82, 2.24) is 0 Å². The predicted molar refractivity (Wildman–Crippen MR) is 88.1 cm³/mol. The van der Waals surface area contributed by atoms with Gasteiger partial charge in [-0.2, -0.15) is 0 Å². The molecule has 0 heterocycles. The van der Waals surface area contributed by atoms with Crippen LogP contribution in [0.15, 0.2) is 0 Å². The van der Waals surface area contributed by atoms with Crippen molar-refractivity contribution in [2.45, 2.75) is 0 Å². The van der Waals surface area contributed by atoms with Gasteiger partial charge >= 0.3 is 37.7 Å². The van der Waals surface area contributed by atoms with Crippen LogP contribution in [-0.4, -0.2) is 141 Å². The summed E-state index contributed by atoms with van der Waals surface area (Å²) in [6.45, 7) is 4.61. The number of hydrogen-bond acceptors (Lipinski definition) is 9. The molecule has 0 bridgehead atoms. The van der Waals surface area contributed by atoms with Crippen LogP contribution >= 0.6 is 0 Å². The molecule has 0 aliphatic rings. The molecule has 0 saturated heterocycles. The largest absolute Gasteiger partial charge is 2.00 e. The summed E-state index contributed by atoms with van der Waals surface area (Å²) >= 11 is 0. The van der Waals surface area contributed by atoms with E-state index in [9.17, 15) is 0 Å². The number of aliphatic hydroxyl groups excluding tert-OH is 2. The Morgan fingerprint density at radius 1 is 0.417 bits per heavy atom.